The van der Waals surface area contributed by atoms with Crippen LogP contribution < -0.4 is 5.32 Å². The highest BCUT2D eigenvalue weighted by Crippen LogP contribution is 2.32. The second kappa shape index (κ2) is 5.46. The first-order valence-corrected chi connectivity index (χ1v) is 7.66. The van der Waals surface area contributed by atoms with Crippen LogP contribution in [0.25, 0.3) is 0 Å². The summed E-state index contributed by atoms with van der Waals surface area (Å²) in [7, 11) is 0. The van der Waals surface area contributed by atoms with Gasteiger partial charge >= 0.3 is 0 Å². The van der Waals surface area contributed by atoms with Crippen LogP contribution in [0.15, 0.2) is 23.1 Å². The molecular weight excluding hydrogens is 276 g/mol. The lowest BCUT2D eigenvalue weighted by Gasteiger charge is -2.30. The molecule has 0 bridgehead atoms. The third kappa shape index (κ3) is 2.66. The number of nitrogens with one attached hydrogen (secondary N) is 1. The van der Waals surface area contributed by atoms with Crippen molar-refractivity contribution in [3.05, 3.63) is 23.8 Å². The number of amides is 2. The Labute approximate surface area is 121 Å². The molecule has 6 heteroatoms. The van der Waals surface area contributed by atoms with E-state index < -0.39 is 0 Å². The van der Waals surface area contributed by atoms with Crippen molar-refractivity contribution in [3.8, 4) is 0 Å². The van der Waals surface area contributed by atoms with Crippen LogP contribution in [-0.4, -0.2) is 46.8 Å². The minimum atomic E-state index is -0.293. The smallest absolute Gasteiger partial charge is 0.253 e. The molecule has 2 aliphatic heterocycles. The highest BCUT2D eigenvalue weighted by atomic mass is 32.2. The van der Waals surface area contributed by atoms with Crippen molar-refractivity contribution in [1.82, 2.24) is 4.90 Å². The molecule has 0 aromatic heterocycles. The second-order valence-electron chi connectivity index (χ2n) is 5.07. The van der Waals surface area contributed by atoms with Gasteiger partial charge in [0, 0.05) is 23.5 Å². The van der Waals surface area contributed by atoms with Gasteiger partial charge in [-0.15, -0.1) is 11.8 Å². The first-order valence-electron chi connectivity index (χ1n) is 6.67. The molecule has 0 spiro atoms. The third-order valence-electron chi connectivity index (χ3n) is 3.61. The summed E-state index contributed by atoms with van der Waals surface area (Å²) in [5, 5.41) is 12.3. The maximum atomic E-state index is 12.4. The summed E-state index contributed by atoms with van der Waals surface area (Å²) in [5.41, 5.74) is 1.30. The zero-order valence-electron chi connectivity index (χ0n) is 11.0. The molecule has 2 N–H and O–H groups in total. The molecule has 1 saturated heterocycles. The molecule has 5 nitrogen and oxygen atoms in total. The van der Waals surface area contributed by atoms with Gasteiger partial charge in [0.1, 0.15) is 0 Å². The fourth-order valence-electron chi connectivity index (χ4n) is 2.47. The molecule has 1 aromatic rings. The third-order valence-corrected chi connectivity index (χ3v) is 4.68. The monoisotopic (exact) mass is 292 g/mol. The van der Waals surface area contributed by atoms with Gasteiger partial charge < -0.3 is 15.3 Å². The predicted molar refractivity (Wildman–Crippen MR) is 76.9 cm³/mol. The first kappa shape index (κ1) is 13.5. The molecule has 1 fully saturated rings. The summed E-state index contributed by atoms with van der Waals surface area (Å²) in [4.78, 5) is 26.5. The Kier molecular flexibility index (Phi) is 3.67. The van der Waals surface area contributed by atoms with Gasteiger partial charge in [0.05, 0.1) is 17.5 Å². The van der Waals surface area contributed by atoms with Crippen LogP contribution >= 0.6 is 11.8 Å². The summed E-state index contributed by atoms with van der Waals surface area (Å²) in [5.74, 6) is 0.349. The molecule has 1 aromatic carbocycles. The fourth-order valence-corrected chi connectivity index (χ4v) is 3.26. The van der Waals surface area contributed by atoms with E-state index in [-0.39, 0.29) is 17.9 Å². The number of aliphatic hydroxyl groups is 1. The highest BCUT2D eigenvalue weighted by Gasteiger charge is 2.24. The minimum absolute atomic E-state index is 0.0341. The number of hydrogen-bond acceptors (Lipinski definition) is 4. The molecule has 0 aliphatic carbocycles. The maximum Gasteiger partial charge on any atom is 0.253 e. The molecule has 0 radical (unpaired) electrons. The maximum absolute atomic E-state index is 12.4. The molecule has 0 atom stereocenters. The van der Waals surface area contributed by atoms with E-state index in [4.69, 9.17) is 0 Å². The molecule has 2 amide bonds. The van der Waals surface area contributed by atoms with Gasteiger partial charge in [-0.25, -0.2) is 0 Å². The number of carbonyl (C=O) groups excluding carboxylic acids is 2. The lowest BCUT2D eigenvalue weighted by Crippen LogP contribution is -2.40. The van der Waals surface area contributed by atoms with Crippen molar-refractivity contribution in [1.29, 1.82) is 0 Å². The Morgan fingerprint density at radius 2 is 2.10 bits per heavy atom. The van der Waals surface area contributed by atoms with Crippen LogP contribution in [-0.2, 0) is 4.79 Å². The Hall–Kier alpha value is -1.53. The fraction of sp³-hybridized carbons (Fsp3) is 0.429. The van der Waals surface area contributed by atoms with Crippen LogP contribution in [0.3, 0.4) is 0 Å². The Bertz CT molecular complexity index is 553. The van der Waals surface area contributed by atoms with E-state index in [1.807, 2.05) is 6.07 Å². The minimum Gasteiger partial charge on any atom is -0.393 e. The van der Waals surface area contributed by atoms with Crippen LogP contribution in [0.4, 0.5) is 5.69 Å². The molecule has 3 rings (SSSR count). The molecular formula is C14H16N2O3S. The Morgan fingerprint density at radius 3 is 2.85 bits per heavy atom. The van der Waals surface area contributed by atoms with Crippen LogP contribution in [0, 0.1) is 0 Å². The Balaban J connectivity index is 1.78. The van der Waals surface area contributed by atoms with E-state index in [1.165, 1.54) is 11.8 Å². The van der Waals surface area contributed by atoms with Gasteiger partial charge in [0.15, 0.2) is 0 Å². The van der Waals surface area contributed by atoms with Crippen molar-refractivity contribution >= 4 is 29.3 Å². The van der Waals surface area contributed by atoms with Crippen molar-refractivity contribution in [2.75, 3.05) is 24.2 Å². The van der Waals surface area contributed by atoms with E-state index in [9.17, 15) is 14.7 Å². The quantitative estimate of drug-likeness (QED) is 0.819. The van der Waals surface area contributed by atoms with E-state index in [1.54, 1.807) is 17.0 Å². The van der Waals surface area contributed by atoms with Crippen molar-refractivity contribution in [2.45, 2.75) is 23.8 Å². The predicted octanol–water partition coefficient (Wildman–Crippen LogP) is 1.33. The lowest BCUT2D eigenvalue weighted by atomic mass is 10.1. The second-order valence-corrected chi connectivity index (χ2v) is 6.09. The normalized spacial score (nSPS) is 19.4. The first-order chi connectivity index (χ1) is 9.63. The highest BCUT2D eigenvalue weighted by molar-refractivity contribution is 8.00. The largest absolute Gasteiger partial charge is 0.393 e. The van der Waals surface area contributed by atoms with E-state index in [2.05, 4.69) is 5.32 Å². The molecule has 0 unspecified atom stereocenters. The average molecular weight is 292 g/mol. The van der Waals surface area contributed by atoms with Crippen LogP contribution in [0.1, 0.15) is 23.2 Å². The molecule has 2 aliphatic rings. The van der Waals surface area contributed by atoms with Crippen LogP contribution in [0.5, 0.6) is 0 Å². The number of aliphatic hydroxyl groups excluding tert-OH is 1. The van der Waals surface area contributed by atoms with Gasteiger partial charge in [0.2, 0.25) is 5.91 Å². The number of anilines is 1. The topological polar surface area (TPSA) is 69.6 Å². The van der Waals surface area contributed by atoms with E-state index in [0.717, 1.165) is 4.90 Å². The number of rotatable bonds is 1. The van der Waals surface area contributed by atoms with Gasteiger partial charge in [-0.2, -0.15) is 0 Å². The number of benzene rings is 1. The summed E-state index contributed by atoms with van der Waals surface area (Å²) in [6.07, 6.45) is 0.963. The van der Waals surface area contributed by atoms with Crippen molar-refractivity contribution in [2.24, 2.45) is 0 Å². The number of nitrogens with zero attached hydrogens (tertiary/aromatic N) is 1. The number of hydrogen-bond donors (Lipinski definition) is 2. The van der Waals surface area contributed by atoms with Gasteiger partial charge in [0.25, 0.3) is 5.91 Å². The number of fused-ring (bicyclic) bond motifs is 1. The molecule has 20 heavy (non-hydrogen) atoms. The van der Waals surface area contributed by atoms with Gasteiger partial charge in [-0.3, -0.25) is 9.59 Å². The standard InChI is InChI=1S/C14H16N2O3S/c17-10-3-5-16(6-4-10)14(19)9-1-2-12-11(7-9)15-13(18)8-20-12/h1-2,7,10,17H,3-6,8H2,(H,15,18). The summed E-state index contributed by atoms with van der Waals surface area (Å²) >= 11 is 1.48. The molecule has 2 heterocycles. The summed E-state index contributed by atoms with van der Waals surface area (Å²) in [6, 6.07) is 5.43. The summed E-state index contributed by atoms with van der Waals surface area (Å²) < 4.78 is 0. The zero-order valence-corrected chi connectivity index (χ0v) is 11.8. The lowest BCUT2D eigenvalue weighted by molar-refractivity contribution is -0.113. The van der Waals surface area contributed by atoms with E-state index in [0.29, 0.717) is 42.9 Å². The Morgan fingerprint density at radius 1 is 1.35 bits per heavy atom. The van der Waals surface area contributed by atoms with Gasteiger partial charge in [-0.05, 0) is 31.0 Å². The molecule has 0 saturated carbocycles. The number of thioether (sulfide) groups is 1. The van der Waals surface area contributed by atoms with E-state index >= 15 is 0 Å². The average Bonchev–Trinajstić information content (AvgIpc) is 2.46. The zero-order chi connectivity index (χ0) is 14.1. The number of carbonyl (C=O) groups is 2. The number of piperidine rings is 1. The van der Waals surface area contributed by atoms with Crippen LogP contribution in [0.2, 0.25) is 0 Å². The van der Waals surface area contributed by atoms with Crippen molar-refractivity contribution < 1.29 is 14.7 Å². The number of likely N-dealkylation sites (tertiary alicyclic amines) is 1. The van der Waals surface area contributed by atoms with Gasteiger partial charge in [-0.1, -0.05) is 0 Å². The van der Waals surface area contributed by atoms with Crippen molar-refractivity contribution in [3.63, 3.8) is 0 Å². The molecule has 106 valence electrons. The SMILES string of the molecule is O=C1CSc2ccc(C(=O)N3CCC(O)CC3)cc2N1. The summed E-state index contributed by atoms with van der Waals surface area (Å²) in [6.45, 7) is 1.16.